The van der Waals surface area contributed by atoms with Crippen molar-refractivity contribution in [2.75, 3.05) is 26.7 Å². The molecule has 104 valence electrons. The first kappa shape index (κ1) is 13.9. The Balaban J connectivity index is 1.96. The van der Waals surface area contributed by atoms with Crippen LogP contribution in [0.5, 0.6) is 5.75 Å². The van der Waals surface area contributed by atoms with E-state index in [0.717, 1.165) is 31.8 Å². The second kappa shape index (κ2) is 6.57. The SMILES string of the molecule is CCC(=O)N1CCNC(Cc2cccc(OC)c2)C1. The van der Waals surface area contributed by atoms with Gasteiger partial charge in [-0.3, -0.25) is 4.79 Å². The minimum atomic E-state index is 0.247. The van der Waals surface area contributed by atoms with Crippen molar-refractivity contribution in [2.45, 2.75) is 25.8 Å². The number of ether oxygens (including phenoxy) is 1. The van der Waals surface area contributed by atoms with E-state index in [1.54, 1.807) is 7.11 Å². The molecule has 1 aliphatic heterocycles. The first-order chi connectivity index (χ1) is 9.22. The van der Waals surface area contributed by atoms with Crippen molar-refractivity contribution in [3.8, 4) is 5.75 Å². The summed E-state index contributed by atoms with van der Waals surface area (Å²) in [5.41, 5.74) is 1.24. The van der Waals surface area contributed by atoms with Crippen molar-refractivity contribution in [1.82, 2.24) is 10.2 Å². The first-order valence-electron chi connectivity index (χ1n) is 6.87. The van der Waals surface area contributed by atoms with Crippen LogP contribution in [0.3, 0.4) is 0 Å². The minimum Gasteiger partial charge on any atom is -0.497 e. The van der Waals surface area contributed by atoms with Gasteiger partial charge in [0.05, 0.1) is 7.11 Å². The van der Waals surface area contributed by atoms with E-state index in [0.29, 0.717) is 12.5 Å². The van der Waals surface area contributed by atoms with E-state index in [1.807, 2.05) is 24.0 Å². The van der Waals surface area contributed by atoms with Gasteiger partial charge >= 0.3 is 0 Å². The van der Waals surface area contributed by atoms with Crippen LogP contribution < -0.4 is 10.1 Å². The third kappa shape index (κ3) is 3.70. The van der Waals surface area contributed by atoms with Crippen molar-refractivity contribution in [2.24, 2.45) is 0 Å². The lowest BCUT2D eigenvalue weighted by molar-refractivity contribution is -0.132. The number of hydrogen-bond acceptors (Lipinski definition) is 3. The van der Waals surface area contributed by atoms with Gasteiger partial charge in [-0.05, 0) is 24.1 Å². The van der Waals surface area contributed by atoms with Gasteiger partial charge in [0.2, 0.25) is 5.91 Å². The molecule has 0 bridgehead atoms. The molecule has 1 aliphatic rings. The molecule has 4 nitrogen and oxygen atoms in total. The largest absolute Gasteiger partial charge is 0.497 e. The predicted octanol–water partition coefficient (Wildman–Crippen LogP) is 1.45. The molecule has 1 saturated heterocycles. The molecular formula is C15H22N2O2. The standard InChI is InChI=1S/C15H22N2O2/c1-3-15(18)17-8-7-16-13(11-17)9-12-5-4-6-14(10-12)19-2/h4-6,10,13,16H,3,7-9,11H2,1-2H3. The molecule has 1 N–H and O–H groups in total. The van der Waals surface area contributed by atoms with E-state index < -0.39 is 0 Å². The molecule has 0 radical (unpaired) electrons. The zero-order chi connectivity index (χ0) is 13.7. The molecule has 1 aromatic rings. The van der Waals surface area contributed by atoms with Gasteiger partial charge < -0.3 is 15.0 Å². The maximum atomic E-state index is 11.7. The quantitative estimate of drug-likeness (QED) is 0.893. The molecule has 1 unspecified atom stereocenters. The molecular weight excluding hydrogens is 240 g/mol. The van der Waals surface area contributed by atoms with E-state index in [4.69, 9.17) is 4.74 Å². The fraction of sp³-hybridized carbons (Fsp3) is 0.533. The maximum Gasteiger partial charge on any atom is 0.222 e. The Morgan fingerprint density at radius 1 is 1.53 bits per heavy atom. The number of methoxy groups -OCH3 is 1. The lowest BCUT2D eigenvalue weighted by atomic mass is 10.0. The number of amides is 1. The van der Waals surface area contributed by atoms with E-state index >= 15 is 0 Å². The van der Waals surface area contributed by atoms with Crippen molar-refractivity contribution < 1.29 is 9.53 Å². The Hall–Kier alpha value is -1.55. The number of carbonyl (C=O) groups excluding carboxylic acids is 1. The van der Waals surface area contributed by atoms with Crippen LogP contribution in [0.4, 0.5) is 0 Å². The van der Waals surface area contributed by atoms with Crippen LogP contribution >= 0.6 is 0 Å². The van der Waals surface area contributed by atoms with Crippen LogP contribution in [0.2, 0.25) is 0 Å². The van der Waals surface area contributed by atoms with Crippen LogP contribution in [-0.4, -0.2) is 43.6 Å². The summed E-state index contributed by atoms with van der Waals surface area (Å²) >= 11 is 0. The Labute approximate surface area is 114 Å². The van der Waals surface area contributed by atoms with Crippen molar-refractivity contribution >= 4 is 5.91 Å². The molecule has 19 heavy (non-hydrogen) atoms. The zero-order valence-corrected chi connectivity index (χ0v) is 11.7. The Morgan fingerprint density at radius 2 is 2.37 bits per heavy atom. The van der Waals surface area contributed by atoms with Crippen molar-refractivity contribution in [1.29, 1.82) is 0 Å². The molecule has 1 heterocycles. The molecule has 0 aliphatic carbocycles. The molecule has 1 aromatic carbocycles. The lowest BCUT2D eigenvalue weighted by Gasteiger charge is -2.33. The summed E-state index contributed by atoms with van der Waals surface area (Å²) in [7, 11) is 1.68. The van der Waals surface area contributed by atoms with Crippen LogP contribution in [0.1, 0.15) is 18.9 Å². The number of carbonyl (C=O) groups is 1. The highest BCUT2D eigenvalue weighted by atomic mass is 16.5. The first-order valence-corrected chi connectivity index (χ1v) is 6.87. The number of hydrogen-bond donors (Lipinski definition) is 1. The van der Waals surface area contributed by atoms with Gasteiger partial charge in [0, 0.05) is 32.1 Å². The van der Waals surface area contributed by atoms with Gasteiger partial charge in [0.1, 0.15) is 5.75 Å². The average molecular weight is 262 g/mol. The monoisotopic (exact) mass is 262 g/mol. The van der Waals surface area contributed by atoms with Gasteiger partial charge in [0.25, 0.3) is 0 Å². The molecule has 1 atom stereocenters. The number of benzene rings is 1. The zero-order valence-electron chi connectivity index (χ0n) is 11.7. The minimum absolute atomic E-state index is 0.247. The fourth-order valence-electron chi connectivity index (χ4n) is 2.50. The number of nitrogens with one attached hydrogen (secondary N) is 1. The summed E-state index contributed by atoms with van der Waals surface area (Å²) in [6.45, 7) is 4.41. The van der Waals surface area contributed by atoms with E-state index in [2.05, 4.69) is 17.4 Å². The van der Waals surface area contributed by atoms with E-state index in [9.17, 15) is 4.79 Å². The van der Waals surface area contributed by atoms with Gasteiger partial charge in [-0.15, -0.1) is 0 Å². The molecule has 0 spiro atoms. The van der Waals surface area contributed by atoms with Crippen molar-refractivity contribution in [3.05, 3.63) is 29.8 Å². The molecule has 0 saturated carbocycles. The highest BCUT2D eigenvalue weighted by molar-refractivity contribution is 5.76. The molecule has 1 amide bonds. The van der Waals surface area contributed by atoms with E-state index in [-0.39, 0.29) is 5.91 Å². The Morgan fingerprint density at radius 3 is 3.11 bits per heavy atom. The highest BCUT2D eigenvalue weighted by Crippen LogP contribution is 2.15. The van der Waals surface area contributed by atoms with Crippen LogP contribution in [0.15, 0.2) is 24.3 Å². The van der Waals surface area contributed by atoms with Gasteiger partial charge in [-0.25, -0.2) is 0 Å². The molecule has 1 fully saturated rings. The predicted molar refractivity (Wildman–Crippen MR) is 75.4 cm³/mol. The third-order valence-electron chi connectivity index (χ3n) is 3.53. The summed E-state index contributed by atoms with van der Waals surface area (Å²) in [6.07, 6.45) is 1.51. The number of rotatable bonds is 4. The Kier molecular flexibility index (Phi) is 4.80. The third-order valence-corrected chi connectivity index (χ3v) is 3.53. The average Bonchev–Trinajstić information content (AvgIpc) is 2.47. The van der Waals surface area contributed by atoms with Crippen molar-refractivity contribution in [3.63, 3.8) is 0 Å². The summed E-state index contributed by atoms with van der Waals surface area (Å²) in [5, 5.41) is 3.48. The van der Waals surface area contributed by atoms with Crippen LogP contribution in [0, 0.1) is 0 Å². The summed E-state index contributed by atoms with van der Waals surface area (Å²) < 4.78 is 5.24. The maximum absolute atomic E-state index is 11.7. The van der Waals surface area contributed by atoms with Crippen LogP contribution in [-0.2, 0) is 11.2 Å². The second-order valence-electron chi connectivity index (χ2n) is 4.90. The fourth-order valence-corrected chi connectivity index (χ4v) is 2.50. The second-order valence-corrected chi connectivity index (χ2v) is 4.90. The lowest BCUT2D eigenvalue weighted by Crippen LogP contribution is -2.53. The summed E-state index contributed by atoms with van der Waals surface area (Å²) in [6, 6.07) is 8.44. The molecule has 2 rings (SSSR count). The number of piperazine rings is 1. The Bertz CT molecular complexity index is 434. The van der Waals surface area contributed by atoms with E-state index in [1.165, 1.54) is 5.56 Å². The smallest absolute Gasteiger partial charge is 0.222 e. The highest BCUT2D eigenvalue weighted by Gasteiger charge is 2.22. The van der Waals surface area contributed by atoms with Crippen LogP contribution in [0.25, 0.3) is 0 Å². The van der Waals surface area contributed by atoms with Gasteiger partial charge in [0.15, 0.2) is 0 Å². The summed E-state index contributed by atoms with van der Waals surface area (Å²) in [5.74, 6) is 1.13. The molecule has 4 heteroatoms. The van der Waals surface area contributed by atoms with Gasteiger partial charge in [-0.1, -0.05) is 19.1 Å². The molecule has 0 aromatic heterocycles. The van der Waals surface area contributed by atoms with Gasteiger partial charge in [-0.2, -0.15) is 0 Å². The summed E-state index contributed by atoms with van der Waals surface area (Å²) in [4.78, 5) is 13.7. The number of nitrogens with zero attached hydrogens (tertiary/aromatic N) is 1. The normalized spacial score (nSPS) is 19.3. The topological polar surface area (TPSA) is 41.6 Å².